The second kappa shape index (κ2) is 10.4. The fourth-order valence-corrected chi connectivity index (χ4v) is 6.55. The van der Waals surface area contributed by atoms with Crippen LogP contribution in [0.25, 0.3) is 0 Å². The summed E-state index contributed by atoms with van der Waals surface area (Å²) >= 11 is 3.69. The Morgan fingerprint density at radius 1 is 0.944 bits per heavy atom. The zero-order chi connectivity index (χ0) is 26.3. The summed E-state index contributed by atoms with van der Waals surface area (Å²) in [6.45, 7) is 12.8. The van der Waals surface area contributed by atoms with Crippen molar-refractivity contribution in [2.45, 2.75) is 79.1 Å². The van der Waals surface area contributed by atoms with Gasteiger partial charge < -0.3 is 14.4 Å². The molecule has 0 N–H and O–H groups in total. The maximum atomic E-state index is 13.8. The van der Waals surface area contributed by atoms with Crippen molar-refractivity contribution in [1.82, 2.24) is 4.90 Å². The quantitative estimate of drug-likeness (QED) is 0.323. The molecule has 6 heteroatoms. The number of benzene rings is 1. The first-order valence-corrected chi connectivity index (χ1v) is 14.0. The number of allylic oxidation sites excluding steroid dienone is 4. The number of rotatable bonds is 8. The van der Waals surface area contributed by atoms with Crippen LogP contribution in [-0.4, -0.2) is 43.3 Å². The molecule has 196 valence electrons. The van der Waals surface area contributed by atoms with Crippen molar-refractivity contribution >= 4 is 27.5 Å². The number of hydrogen-bond acceptors (Lipinski definition) is 5. The molecule has 4 rings (SSSR count). The number of ketones is 2. The minimum Gasteiger partial charge on any atom is -0.492 e. The van der Waals surface area contributed by atoms with Gasteiger partial charge in [-0.2, -0.15) is 0 Å². The van der Waals surface area contributed by atoms with Crippen LogP contribution in [0.4, 0.5) is 0 Å². The Morgan fingerprint density at radius 2 is 1.53 bits per heavy atom. The van der Waals surface area contributed by atoms with E-state index in [0.29, 0.717) is 26.1 Å². The fourth-order valence-electron chi connectivity index (χ4n) is 6.04. The van der Waals surface area contributed by atoms with Crippen molar-refractivity contribution in [2.75, 3.05) is 26.9 Å². The first-order valence-electron chi connectivity index (χ1n) is 13.2. The first-order chi connectivity index (χ1) is 17.0. The Morgan fingerprint density at radius 3 is 2.03 bits per heavy atom. The minimum atomic E-state index is -0.336. The lowest BCUT2D eigenvalue weighted by atomic mass is 9.63. The zero-order valence-corrected chi connectivity index (χ0v) is 24.2. The van der Waals surface area contributed by atoms with Gasteiger partial charge in [-0.3, -0.25) is 9.59 Å². The molecule has 1 aromatic rings. The molecule has 0 atom stereocenters. The van der Waals surface area contributed by atoms with Crippen LogP contribution < -0.4 is 4.74 Å². The molecule has 1 aromatic carbocycles. The molecule has 0 bridgehead atoms. The van der Waals surface area contributed by atoms with E-state index in [-0.39, 0.29) is 28.3 Å². The predicted octanol–water partition coefficient (Wildman–Crippen LogP) is 6.96. The van der Waals surface area contributed by atoms with E-state index in [1.807, 2.05) is 18.2 Å². The van der Waals surface area contributed by atoms with Crippen LogP contribution in [0.2, 0.25) is 0 Å². The highest BCUT2D eigenvalue weighted by Crippen LogP contribution is 2.54. The summed E-state index contributed by atoms with van der Waals surface area (Å²) in [5.74, 6) is 0.773. The van der Waals surface area contributed by atoms with Gasteiger partial charge in [-0.15, -0.1) is 0 Å². The van der Waals surface area contributed by atoms with E-state index in [2.05, 4.69) is 55.4 Å². The lowest BCUT2D eigenvalue weighted by molar-refractivity contribution is -0.119. The van der Waals surface area contributed by atoms with Gasteiger partial charge in [0, 0.05) is 61.6 Å². The third-order valence-corrected chi connectivity index (χ3v) is 8.12. The Labute approximate surface area is 224 Å². The third kappa shape index (κ3) is 5.35. The van der Waals surface area contributed by atoms with Gasteiger partial charge in [-0.05, 0) is 70.1 Å². The average Bonchev–Trinajstić information content (AvgIpc) is 2.77. The third-order valence-electron chi connectivity index (χ3n) is 7.50. The van der Waals surface area contributed by atoms with Crippen molar-refractivity contribution in [3.05, 3.63) is 50.8 Å². The van der Waals surface area contributed by atoms with Crippen LogP contribution in [0.3, 0.4) is 0 Å². The number of nitrogens with zero attached hydrogens (tertiary/aromatic N) is 1. The first kappa shape index (κ1) is 27.1. The highest BCUT2D eigenvalue weighted by Gasteiger charge is 2.48. The molecule has 1 aliphatic heterocycles. The van der Waals surface area contributed by atoms with Gasteiger partial charge in [0.1, 0.15) is 5.75 Å². The molecule has 0 aromatic heterocycles. The van der Waals surface area contributed by atoms with Gasteiger partial charge in [0.25, 0.3) is 0 Å². The summed E-state index contributed by atoms with van der Waals surface area (Å²) in [4.78, 5) is 30.0. The number of methoxy groups -OCH3 is 1. The topological polar surface area (TPSA) is 55.8 Å². The molecule has 0 amide bonds. The molecule has 0 spiro atoms. The fraction of sp³-hybridized carbons (Fsp3) is 0.600. The van der Waals surface area contributed by atoms with Gasteiger partial charge in [0.05, 0.1) is 11.1 Å². The molecule has 2 aliphatic carbocycles. The second-order valence-corrected chi connectivity index (χ2v) is 12.9. The molecule has 3 aliphatic rings. The number of halogens is 1. The molecular formula is C30H40BrNO4. The Balaban J connectivity index is 1.90. The monoisotopic (exact) mass is 557 g/mol. The van der Waals surface area contributed by atoms with Crippen molar-refractivity contribution in [2.24, 2.45) is 10.8 Å². The van der Waals surface area contributed by atoms with Gasteiger partial charge in [0.2, 0.25) is 0 Å². The van der Waals surface area contributed by atoms with Gasteiger partial charge >= 0.3 is 0 Å². The van der Waals surface area contributed by atoms with Gasteiger partial charge in [0.15, 0.2) is 11.6 Å². The summed E-state index contributed by atoms with van der Waals surface area (Å²) in [5.41, 5.74) is 4.56. The van der Waals surface area contributed by atoms with Crippen LogP contribution in [0, 0.1) is 10.8 Å². The van der Waals surface area contributed by atoms with E-state index in [0.717, 1.165) is 70.6 Å². The molecular weight excluding hydrogens is 518 g/mol. The van der Waals surface area contributed by atoms with Crippen molar-refractivity contribution in [3.8, 4) is 5.75 Å². The van der Waals surface area contributed by atoms with Crippen LogP contribution in [0.15, 0.2) is 45.2 Å². The highest BCUT2D eigenvalue weighted by molar-refractivity contribution is 9.10. The molecule has 5 nitrogen and oxygen atoms in total. The summed E-state index contributed by atoms with van der Waals surface area (Å²) in [6.07, 6.45) is 4.40. The van der Waals surface area contributed by atoms with E-state index in [1.165, 1.54) is 0 Å². The standard InChI is InChI=1S/C30H40BrNO4/c1-7-12-36-25-10-9-19(14-20(25)31)26-27-21(15-29(2,3)17-23(27)33)32(11-8-13-35-6)22-16-30(4,5)18-24(34)28(22)26/h9-10,14,26H,7-8,11-13,15-18H2,1-6H3. The van der Waals surface area contributed by atoms with Crippen molar-refractivity contribution in [3.63, 3.8) is 0 Å². The summed E-state index contributed by atoms with van der Waals surface area (Å²) < 4.78 is 12.1. The van der Waals surface area contributed by atoms with E-state index in [4.69, 9.17) is 9.47 Å². The SMILES string of the molecule is CCCOc1ccc(C2C3=C(CC(C)(C)CC3=O)N(CCCOC)C3=C2C(=O)CC(C)(C)C3)cc1Br. The molecule has 0 radical (unpaired) electrons. The molecule has 0 saturated heterocycles. The van der Waals surface area contributed by atoms with Gasteiger partial charge in [-0.25, -0.2) is 0 Å². The Hall–Kier alpha value is -1.92. The van der Waals surface area contributed by atoms with E-state index in [9.17, 15) is 9.59 Å². The van der Waals surface area contributed by atoms with Gasteiger partial charge in [-0.1, -0.05) is 40.7 Å². The van der Waals surface area contributed by atoms with Crippen LogP contribution in [-0.2, 0) is 14.3 Å². The van der Waals surface area contributed by atoms with E-state index >= 15 is 0 Å². The van der Waals surface area contributed by atoms with Crippen molar-refractivity contribution in [1.29, 1.82) is 0 Å². The number of hydrogen-bond donors (Lipinski definition) is 0. The molecule has 0 unspecified atom stereocenters. The maximum absolute atomic E-state index is 13.8. The lowest BCUT2D eigenvalue weighted by Crippen LogP contribution is -2.44. The maximum Gasteiger partial charge on any atom is 0.162 e. The molecule has 1 heterocycles. The lowest BCUT2D eigenvalue weighted by Gasteiger charge is -2.49. The Bertz CT molecular complexity index is 1060. The second-order valence-electron chi connectivity index (χ2n) is 12.1. The molecule has 0 fully saturated rings. The normalized spacial score (nSPS) is 21.6. The van der Waals surface area contributed by atoms with Crippen LogP contribution in [0.5, 0.6) is 5.75 Å². The van der Waals surface area contributed by atoms with Crippen LogP contribution in [0.1, 0.15) is 84.6 Å². The van der Waals surface area contributed by atoms with E-state index < -0.39 is 0 Å². The summed E-state index contributed by atoms with van der Waals surface area (Å²) in [6, 6.07) is 6.05. The van der Waals surface area contributed by atoms with Crippen LogP contribution >= 0.6 is 15.9 Å². The Kier molecular flexibility index (Phi) is 7.87. The average molecular weight is 559 g/mol. The number of carbonyl (C=O) groups excluding carboxylic acids is 2. The van der Waals surface area contributed by atoms with E-state index in [1.54, 1.807) is 7.11 Å². The number of carbonyl (C=O) groups is 2. The minimum absolute atomic E-state index is 0.120. The smallest absolute Gasteiger partial charge is 0.162 e. The van der Waals surface area contributed by atoms with Crippen molar-refractivity contribution < 1.29 is 19.1 Å². The predicted molar refractivity (Wildman–Crippen MR) is 146 cm³/mol. The summed E-state index contributed by atoms with van der Waals surface area (Å²) in [5, 5.41) is 0. The number of Topliss-reactive ketones (excluding diaryl/α,β-unsaturated/α-hetero) is 2. The summed E-state index contributed by atoms with van der Waals surface area (Å²) in [7, 11) is 1.72. The zero-order valence-electron chi connectivity index (χ0n) is 22.6. The molecule has 36 heavy (non-hydrogen) atoms. The highest BCUT2D eigenvalue weighted by atomic mass is 79.9. The number of ether oxygens (including phenoxy) is 2. The molecule has 0 saturated carbocycles. The largest absolute Gasteiger partial charge is 0.492 e.